The third-order valence-corrected chi connectivity index (χ3v) is 10.0. The molecule has 13 heteroatoms. The Hall–Kier alpha value is -4.49. The summed E-state index contributed by atoms with van der Waals surface area (Å²) in [6.45, 7) is 14.2. The van der Waals surface area contributed by atoms with Crippen molar-refractivity contribution >= 4 is 35.3 Å². The zero-order chi connectivity index (χ0) is 38.2. The van der Waals surface area contributed by atoms with Crippen molar-refractivity contribution in [2.24, 2.45) is 10.8 Å². The number of nitrogens with zero attached hydrogens (tertiary/aromatic N) is 3. The number of rotatable bonds is 15. The summed E-state index contributed by atoms with van der Waals surface area (Å²) in [5.41, 5.74) is 1.25. The number of carbonyl (C=O) groups excluding carboxylic acids is 3. The third-order valence-electron chi connectivity index (χ3n) is 9.21. The van der Waals surface area contributed by atoms with Gasteiger partial charge in [0.15, 0.2) is 0 Å². The molecule has 12 nitrogen and oxygen atoms in total. The van der Waals surface area contributed by atoms with Gasteiger partial charge in [-0.15, -0.1) is 11.3 Å². The van der Waals surface area contributed by atoms with E-state index in [0.29, 0.717) is 26.1 Å². The number of carboxylic acid groups (broad SMARTS) is 1. The largest absolute Gasteiger partial charge is 0.465 e. The molecule has 52 heavy (non-hydrogen) atoms. The van der Waals surface area contributed by atoms with Gasteiger partial charge in [-0.3, -0.25) is 9.59 Å². The topological polar surface area (TPSA) is 164 Å². The number of nitrogens with one attached hydrogen (secondary N) is 3. The van der Waals surface area contributed by atoms with Crippen LogP contribution in [-0.4, -0.2) is 92.3 Å². The van der Waals surface area contributed by atoms with Crippen LogP contribution >= 0.6 is 11.3 Å². The van der Waals surface area contributed by atoms with Crippen LogP contribution in [0.3, 0.4) is 0 Å². The molecule has 2 heterocycles. The highest BCUT2D eigenvalue weighted by Gasteiger charge is 2.44. The second-order valence-electron chi connectivity index (χ2n) is 15.8. The first-order chi connectivity index (χ1) is 24.4. The number of thiazole rings is 1. The zero-order valence-electron chi connectivity index (χ0n) is 31.3. The number of aliphatic hydroxyl groups is 1. The van der Waals surface area contributed by atoms with Crippen molar-refractivity contribution in [3.05, 3.63) is 87.9 Å². The predicted octanol–water partition coefficient (Wildman–Crippen LogP) is 4.99. The van der Waals surface area contributed by atoms with Gasteiger partial charge in [-0.05, 0) is 48.1 Å². The van der Waals surface area contributed by atoms with E-state index in [-0.39, 0.29) is 24.8 Å². The minimum Gasteiger partial charge on any atom is -0.465 e. The van der Waals surface area contributed by atoms with E-state index in [2.05, 4.69) is 20.9 Å². The van der Waals surface area contributed by atoms with E-state index in [1.54, 1.807) is 30.6 Å². The highest BCUT2D eigenvalue weighted by atomic mass is 32.1. The Kier molecular flexibility index (Phi) is 13.4. The first-order valence-electron chi connectivity index (χ1n) is 17.7. The number of amides is 5. The van der Waals surface area contributed by atoms with E-state index < -0.39 is 53.1 Å². The number of urea groups is 1. The van der Waals surface area contributed by atoms with Gasteiger partial charge < -0.3 is 36.0 Å². The molecule has 5 amide bonds. The summed E-state index contributed by atoms with van der Waals surface area (Å²) in [6.07, 6.45) is -1.73. The molecule has 1 aliphatic rings. The fourth-order valence-electron chi connectivity index (χ4n) is 6.71. The molecular weight excluding hydrogens is 681 g/mol. The summed E-state index contributed by atoms with van der Waals surface area (Å²) >= 11 is 1.53. The SMILES string of the molecule is Cc1nc(CN2CCN([C@H](C(=O)N[C@@H](Cc3ccccc3)C[C@@H](O)[C@H](Cc3ccccc3)NC(=O)[C@@H](NC(=O)O)C(C)(C)C)C(C)(C)C)C2=O)cs1. The fraction of sp³-hybridized carbons (Fsp3) is 0.513. The van der Waals surface area contributed by atoms with Crippen LogP contribution in [0, 0.1) is 17.8 Å². The van der Waals surface area contributed by atoms with Crippen molar-refractivity contribution in [1.29, 1.82) is 0 Å². The number of aryl methyl sites for hydroxylation is 1. The number of benzene rings is 2. The van der Waals surface area contributed by atoms with E-state index in [1.165, 1.54) is 11.3 Å². The molecule has 0 unspecified atom stereocenters. The van der Waals surface area contributed by atoms with Crippen LogP contribution in [0.2, 0.25) is 0 Å². The van der Waals surface area contributed by atoms with Gasteiger partial charge in [0.2, 0.25) is 11.8 Å². The summed E-state index contributed by atoms with van der Waals surface area (Å²) in [6, 6.07) is 15.5. The average Bonchev–Trinajstić information content (AvgIpc) is 3.63. The molecule has 0 spiro atoms. The summed E-state index contributed by atoms with van der Waals surface area (Å²) in [5, 5.41) is 32.7. The molecule has 3 aromatic rings. The molecule has 0 bridgehead atoms. The standard InChI is InChI=1S/C39H54N6O6S/c1-25-40-29(24-52-25)23-44-18-19-45(37(44)51)33(39(5,6)7)35(48)41-28(20-26-14-10-8-11-15-26)22-31(46)30(21-27-16-12-9-13-17-27)42-34(47)32(38(2,3)4)43-36(49)50/h8-17,24,28,30-33,43,46H,18-23H2,1-7H3,(H,41,48)(H,42,47)(H,49,50)/t28-,30-,31+,32+,33+/m0/s1. The van der Waals surface area contributed by atoms with Crippen LogP contribution in [0.4, 0.5) is 9.59 Å². The number of aromatic nitrogens is 1. The van der Waals surface area contributed by atoms with Crippen LogP contribution in [-0.2, 0) is 29.0 Å². The monoisotopic (exact) mass is 734 g/mol. The Morgan fingerprint density at radius 3 is 1.96 bits per heavy atom. The van der Waals surface area contributed by atoms with Gasteiger partial charge in [-0.2, -0.15) is 0 Å². The van der Waals surface area contributed by atoms with E-state index in [9.17, 15) is 29.4 Å². The van der Waals surface area contributed by atoms with Crippen LogP contribution in [0.15, 0.2) is 66.0 Å². The number of aliphatic hydroxyl groups excluding tert-OH is 1. The lowest BCUT2D eigenvalue weighted by atomic mass is 9.84. The molecular formula is C39H54N6O6S. The maximum Gasteiger partial charge on any atom is 0.405 e. The third kappa shape index (κ3) is 11.3. The summed E-state index contributed by atoms with van der Waals surface area (Å²) in [7, 11) is 0. The zero-order valence-corrected chi connectivity index (χ0v) is 32.1. The molecule has 5 N–H and O–H groups in total. The molecule has 0 aliphatic carbocycles. The van der Waals surface area contributed by atoms with Crippen molar-refractivity contribution in [1.82, 2.24) is 30.7 Å². The molecule has 1 fully saturated rings. The van der Waals surface area contributed by atoms with Gasteiger partial charge in [-0.25, -0.2) is 14.6 Å². The Bertz CT molecular complexity index is 1650. The smallest absolute Gasteiger partial charge is 0.405 e. The van der Waals surface area contributed by atoms with E-state index in [0.717, 1.165) is 21.8 Å². The van der Waals surface area contributed by atoms with Gasteiger partial charge in [0.1, 0.15) is 12.1 Å². The summed E-state index contributed by atoms with van der Waals surface area (Å²) in [4.78, 5) is 61.2. The van der Waals surface area contributed by atoms with Crippen molar-refractivity contribution in [3.63, 3.8) is 0 Å². The van der Waals surface area contributed by atoms with Crippen molar-refractivity contribution in [2.75, 3.05) is 13.1 Å². The van der Waals surface area contributed by atoms with Gasteiger partial charge >= 0.3 is 12.1 Å². The van der Waals surface area contributed by atoms with Crippen molar-refractivity contribution in [3.8, 4) is 0 Å². The average molecular weight is 735 g/mol. The summed E-state index contributed by atoms with van der Waals surface area (Å²) in [5.74, 6) is -0.890. The Labute approximate surface area is 311 Å². The van der Waals surface area contributed by atoms with E-state index in [1.807, 2.05) is 93.7 Å². The van der Waals surface area contributed by atoms with Gasteiger partial charge in [-0.1, -0.05) is 102 Å². The molecule has 1 aliphatic heterocycles. The molecule has 4 rings (SSSR count). The highest BCUT2D eigenvalue weighted by Crippen LogP contribution is 2.29. The Morgan fingerprint density at radius 2 is 1.44 bits per heavy atom. The number of hydrogen-bond acceptors (Lipinski definition) is 7. The lowest BCUT2D eigenvalue weighted by Crippen LogP contribution is -2.59. The Balaban J connectivity index is 1.59. The molecule has 0 radical (unpaired) electrons. The van der Waals surface area contributed by atoms with Gasteiger partial charge in [0.05, 0.1) is 29.4 Å². The normalized spacial score (nSPS) is 16.5. The predicted molar refractivity (Wildman–Crippen MR) is 202 cm³/mol. The van der Waals surface area contributed by atoms with Crippen LogP contribution in [0.5, 0.6) is 0 Å². The summed E-state index contributed by atoms with van der Waals surface area (Å²) < 4.78 is 0. The molecule has 1 aromatic heterocycles. The first kappa shape index (κ1) is 40.3. The molecule has 5 atom stereocenters. The molecule has 1 saturated heterocycles. The maximum absolute atomic E-state index is 14.4. The van der Waals surface area contributed by atoms with Crippen LogP contribution in [0.1, 0.15) is 69.8 Å². The van der Waals surface area contributed by atoms with E-state index >= 15 is 0 Å². The number of hydrogen-bond donors (Lipinski definition) is 5. The second-order valence-corrected chi connectivity index (χ2v) is 16.8. The lowest BCUT2D eigenvalue weighted by Gasteiger charge is -2.38. The van der Waals surface area contributed by atoms with E-state index in [4.69, 9.17) is 0 Å². The minimum absolute atomic E-state index is 0.0745. The molecule has 0 saturated carbocycles. The first-order valence-corrected chi connectivity index (χ1v) is 18.6. The highest BCUT2D eigenvalue weighted by molar-refractivity contribution is 7.09. The lowest BCUT2D eigenvalue weighted by molar-refractivity contribution is -0.130. The number of carbonyl (C=O) groups is 4. The van der Waals surface area contributed by atoms with Gasteiger partial charge in [0, 0.05) is 24.5 Å². The quantitative estimate of drug-likeness (QED) is 0.147. The van der Waals surface area contributed by atoms with Crippen molar-refractivity contribution in [2.45, 2.75) is 105 Å². The minimum atomic E-state index is -1.33. The van der Waals surface area contributed by atoms with Crippen LogP contribution in [0.25, 0.3) is 0 Å². The maximum atomic E-state index is 14.4. The molecule has 2 aromatic carbocycles. The molecule has 282 valence electrons. The second kappa shape index (κ2) is 17.4. The van der Waals surface area contributed by atoms with Crippen molar-refractivity contribution < 1.29 is 29.4 Å². The Morgan fingerprint density at radius 1 is 0.846 bits per heavy atom. The van der Waals surface area contributed by atoms with Crippen LogP contribution < -0.4 is 16.0 Å². The fourth-order valence-corrected chi connectivity index (χ4v) is 7.31. The van der Waals surface area contributed by atoms with Gasteiger partial charge in [0.25, 0.3) is 0 Å².